The number of hydrogen-bond donors (Lipinski definition) is 2. The fourth-order valence-corrected chi connectivity index (χ4v) is 5.53. The van der Waals surface area contributed by atoms with E-state index in [0.717, 1.165) is 27.8 Å². The summed E-state index contributed by atoms with van der Waals surface area (Å²) in [5, 5.41) is 12.2. The molecule has 0 saturated carbocycles. The van der Waals surface area contributed by atoms with Gasteiger partial charge in [-0.1, -0.05) is 78.9 Å². The molecule has 0 unspecified atom stereocenters. The fraction of sp³-hybridized carbons (Fsp3) is 0.323. The second kappa shape index (κ2) is 11.7. The van der Waals surface area contributed by atoms with E-state index in [-0.39, 0.29) is 50.8 Å². The molecule has 3 aromatic rings. The van der Waals surface area contributed by atoms with Crippen molar-refractivity contribution in [3.63, 3.8) is 0 Å². The zero-order valence-electron chi connectivity index (χ0n) is 21.7. The summed E-state index contributed by atoms with van der Waals surface area (Å²) in [5.74, 6) is -1.43. The standard InChI is InChI=1S/C31H32N2O6/c34-28(35)14-17-33(20-22-8-2-1-3-9-22)29(36)31(15-18-38-19-16-31)32-30(37)39-21-27-25-12-6-4-10-23(25)24-11-5-7-13-26(24)27/h1-13,27H,14-21H2,(H,32,37)(H,34,35). The van der Waals surface area contributed by atoms with Crippen molar-refractivity contribution in [2.75, 3.05) is 26.4 Å². The highest BCUT2D eigenvalue weighted by atomic mass is 16.5. The largest absolute Gasteiger partial charge is 0.481 e. The molecular formula is C31H32N2O6. The Morgan fingerprint density at radius 2 is 1.49 bits per heavy atom. The Morgan fingerprint density at radius 1 is 0.897 bits per heavy atom. The van der Waals surface area contributed by atoms with Crippen LogP contribution < -0.4 is 5.32 Å². The third kappa shape index (κ3) is 5.81. The van der Waals surface area contributed by atoms with E-state index in [0.29, 0.717) is 13.2 Å². The van der Waals surface area contributed by atoms with Crippen molar-refractivity contribution in [1.29, 1.82) is 0 Å². The van der Waals surface area contributed by atoms with E-state index in [2.05, 4.69) is 29.6 Å². The Hall–Kier alpha value is -4.17. The number of benzene rings is 3. The first-order chi connectivity index (χ1) is 19.0. The minimum Gasteiger partial charge on any atom is -0.481 e. The number of fused-ring (bicyclic) bond motifs is 3. The molecule has 5 rings (SSSR count). The predicted octanol–water partition coefficient (Wildman–Crippen LogP) is 4.58. The summed E-state index contributed by atoms with van der Waals surface area (Å²) in [4.78, 5) is 40.0. The molecular weight excluding hydrogens is 496 g/mol. The Balaban J connectivity index is 1.32. The molecule has 0 atom stereocenters. The van der Waals surface area contributed by atoms with E-state index in [4.69, 9.17) is 9.47 Å². The first kappa shape index (κ1) is 26.4. The average Bonchev–Trinajstić information content (AvgIpc) is 3.28. The van der Waals surface area contributed by atoms with E-state index < -0.39 is 17.6 Å². The molecule has 0 radical (unpaired) electrons. The zero-order chi connectivity index (χ0) is 27.2. The van der Waals surface area contributed by atoms with Gasteiger partial charge >= 0.3 is 12.1 Å². The maximum atomic E-state index is 14.0. The summed E-state index contributed by atoms with van der Waals surface area (Å²) in [6.07, 6.45) is -0.330. The van der Waals surface area contributed by atoms with Crippen LogP contribution in [0.2, 0.25) is 0 Å². The molecule has 1 heterocycles. The van der Waals surface area contributed by atoms with Gasteiger partial charge in [0.1, 0.15) is 12.1 Å². The Bertz CT molecular complexity index is 1290. The number of aliphatic carboxylic acids is 1. The molecule has 39 heavy (non-hydrogen) atoms. The molecule has 1 aliphatic heterocycles. The molecule has 2 aliphatic rings. The topological polar surface area (TPSA) is 105 Å². The van der Waals surface area contributed by atoms with Crippen LogP contribution in [0, 0.1) is 0 Å². The lowest BCUT2D eigenvalue weighted by Gasteiger charge is -2.40. The van der Waals surface area contributed by atoms with Crippen LogP contribution in [0.15, 0.2) is 78.9 Å². The van der Waals surface area contributed by atoms with Gasteiger partial charge in [0, 0.05) is 45.1 Å². The van der Waals surface area contributed by atoms with E-state index in [9.17, 15) is 19.5 Å². The van der Waals surface area contributed by atoms with Crippen LogP contribution in [0.1, 0.15) is 41.9 Å². The van der Waals surface area contributed by atoms with Gasteiger partial charge in [0.25, 0.3) is 0 Å². The lowest BCUT2D eigenvalue weighted by molar-refractivity contribution is -0.144. The van der Waals surface area contributed by atoms with E-state index in [1.54, 1.807) is 0 Å². The van der Waals surface area contributed by atoms with Gasteiger partial charge in [-0.25, -0.2) is 4.79 Å². The van der Waals surface area contributed by atoms with Gasteiger partial charge in [-0.3, -0.25) is 9.59 Å². The van der Waals surface area contributed by atoms with Crippen LogP contribution in [-0.4, -0.2) is 59.9 Å². The highest BCUT2D eigenvalue weighted by molar-refractivity contribution is 5.90. The summed E-state index contributed by atoms with van der Waals surface area (Å²) in [5.41, 5.74) is 4.10. The third-order valence-electron chi connectivity index (χ3n) is 7.54. The Labute approximate surface area is 227 Å². The number of carboxylic acids is 1. The van der Waals surface area contributed by atoms with Gasteiger partial charge < -0.3 is 24.8 Å². The van der Waals surface area contributed by atoms with E-state index >= 15 is 0 Å². The number of amides is 2. The van der Waals surface area contributed by atoms with Crippen molar-refractivity contribution in [2.24, 2.45) is 0 Å². The molecule has 0 spiro atoms. The third-order valence-corrected chi connectivity index (χ3v) is 7.54. The second-order valence-corrected chi connectivity index (χ2v) is 10.0. The molecule has 2 N–H and O–H groups in total. The minimum atomic E-state index is -1.24. The van der Waals surface area contributed by atoms with E-state index in [1.165, 1.54) is 4.90 Å². The van der Waals surface area contributed by atoms with Crippen LogP contribution >= 0.6 is 0 Å². The summed E-state index contributed by atoms with van der Waals surface area (Å²) >= 11 is 0. The van der Waals surface area contributed by atoms with Gasteiger partial charge in [-0.2, -0.15) is 0 Å². The van der Waals surface area contributed by atoms with Crippen molar-refractivity contribution in [3.05, 3.63) is 95.6 Å². The van der Waals surface area contributed by atoms with Gasteiger partial charge in [0.15, 0.2) is 0 Å². The molecule has 1 saturated heterocycles. The number of hydrogen-bond acceptors (Lipinski definition) is 5. The Kier molecular flexibility index (Phi) is 7.93. The first-order valence-corrected chi connectivity index (χ1v) is 13.2. The number of ether oxygens (including phenoxy) is 2. The van der Waals surface area contributed by atoms with Crippen LogP contribution in [0.4, 0.5) is 4.79 Å². The highest BCUT2D eigenvalue weighted by Gasteiger charge is 2.44. The molecule has 1 aliphatic carbocycles. The summed E-state index contributed by atoms with van der Waals surface area (Å²) < 4.78 is 11.3. The number of nitrogens with one attached hydrogen (secondary N) is 1. The minimum absolute atomic E-state index is 0.0258. The SMILES string of the molecule is O=C(O)CCN(Cc1ccccc1)C(=O)C1(NC(=O)OCC2c3ccccc3-c3ccccc32)CCOCC1. The maximum Gasteiger partial charge on any atom is 0.408 e. The van der Waals surface area contributed by atoms with Crippen LogP contribution in [0.25, 0.3) is 11.1 Å². The molecule has 3 aromatic carbocycles. The number of carbonyl (C=O) groups excluding carboxylic acids is 2. The molecule has 0 aromatic heterocycles. The van der Waals surface area contributed by atoms with Crippen molar-refractivity contribution in [1.82, 2.24) is 10.2 Å². The van der Waals surface area contributed by atoms with Crippen molar-refractivity contribution in [3.8, 4) is 11.1 Å². The average molecular weight is 529 g/mol. The van der Waals surface area contributed by atoms with Gasteiger partial charge in [-0.05, 0) is 27.8 Å². The number of carboxylic acid groups (broad SMARTS) is 1. The van der Waals surface area contributed by atoms with Crippen LogP contribution in [0.3, 0.4) is 0 Å². The molecule has 8 heteroatoms. The number of alkyl carbamates (subject to hydrolysis) is 1. The molecule has 1 fully saturated rings. The van der Waals surface area contributed by atoms with Gasteiger partial charge in [0.2, 0.25) is 5.91 Å². The smallest absolute Gasteiger partial charge is 0.408 e. The van der Waals surface area contributed by atoms with Crippen LogP contribution in [0.5, 0.6) is 0 Å². The second-order valence-electron chi connectivity index (χ2n) is 10.0. The first-order valence-electron chi connectivity index (χ1n) is 13.2. The normalized spacial score (nSPS) is 15.6. The molecule has 0 bridgehead atoms. The number of carbonyl (C=O) groups is 3. The molecule has 2 amide bonds. The zero-order valence-corrected chi connectivity index (χ0v) is 21.7. The van der Waals surface area contributed by atoms with Crippen molar-refractivity contribution >= 4 is 18.0 Å². The van der Waals surface area contributed by atoms with E-state index in [1.807, 2.05) is 54.6 Å². The number of nitrogens with zero attached hydrogens (tertiary/aromatic N) is 1. The lowest BCUT2D eigenvalue weighted by atomic mass is 9.88. The summed E-state index contributed by atoms with van der Waals surface area (Å²) in [6, 6.07) is 25.6. The fourth-order valence-electron chi connectivity index (χ4n) is 5.53. The molecule has 202 valence electrons. The highest BCUT2D eigenvalue weighted by Crippen LogP contribution is 2.44. The molecule has 8 nitrogen and oxygen atoms in total. The lowest BCUT2D eigenvalue weighted by Crippen LogP contribution is -2.62. The number of rotatable bonds is 9. The predicted molar refractivity (Wildman–Crippen MR) is 145 cm³/mol. The quantitative estimate of drug-likeness (QED) is 0.421. The van der Waals surface area contributed by atoms with Crippen LogP contribution in [-0.2, 0) is 25.6 Å². The summed E-state index contributed by atoms with van der Waals surface area (Å²) in [6.45, 7) is 0.994. The van der Waals surface area contributed by atoms with Gasteiger partial charge in [0.05, 0.1) is 6.42 Å². The van der Waals surface area contributed by atoms with Crippen molar-refractivity contribution < 1.29 is 29.0 Å². The monoisotopic (exact) mass is 528 g/mol. The summed E-state index contributed by atoms with van der Waals surface area (Å²) in [7, 11) is 0. The van der Waals surface area contributed by atoms with Crippen molar-refractivity contribution in [2.45, 2.75) is 37.3 Å². The maximum absolute atomic E-state index is 14.0. The van der Waals surface area contributed by atoms with Gasteiger partial charge in [-0.15, -0.1) is 0 Å². The Morgan fingerprint density at radius 3 is 2.10 bits per heavy atom.